The SMILES string of the molecule is C=N/C(=C\C(=NCc1cccc(-c2nc(-c3ccccc3)nc(-c3ccc4c(c3)Oc3ccccc3C4(C)C)n2)c1)c1cccc(-c2ccccc2)c1)c1ccccc1. The van der Waals surface area contributed by atoms with Gasteiger partial charge in [0.25, 0.3) is 0 Å². The number of aliphatic imine (C=N–C) groups is 2. The molecule has 0 aliphatic carbocycles. The molecule has 1 aliphatic rings. The molecule has 9 rings (SSSR count). The van der Waals surface area contributed by atoms with Gasteiger partial charge in [0.05, 0.1) is 18.0 Å². The fraction of sp³-hybridized carbons (Fsp3) is 0.0755. The summed E-state index contributed by atoms with van der Waals surface area (Å²) in [5.41, 5.74) is 11.4. The maximum Gasteiger partial charge on any atom is 0.164 e. The lowest BCUT2D eigenvalue weighted by atomic mass is 9.75. The van der Waals surface area contributed by atoms with Gasteiger partial charge in [-0.2, -0.15) is 0 Å². The molecule has 0 atom stereocenters. The molecule has 0 N–H and O–H groups in total. The zero-order chi connectivity index (χ0) is 40.2. The lowest BCUT2D eigenvalue weighted by Gasteiger charge is -2.34. The van der Waals surface area contributed by atoms with Crippen molar-refractivity contribution in [1.82, 2.24) is 15.0 Å². The number of hydrogen-bond donors (Lipinski definition) is 0. The van der Waals surface area contributed by atoms with E-state index in [1.54, 1.807) is 0 Å². The van der Waals surface area contributed by atoms with Crippen LogP contribution < -0.4 is 4.74 Å². The van der Waals surface area contributed by atoms with Crippen LogP contribution in [0.4, 0.5) is 0 Å². The van der Waals surface area contributed by atoms with Crippen LogP contribution in [0.1, 0.15) is 41.7 Å². The average molecular weight is 764 g/mol. The summed E-state index contributed by atoms with van der Waals surface area (Å²) in [6, 6.07) is 61.7. The van der Waals surface area contributed by atoms with E-state index in [2.05, 4.69) is 117 Å². The predicted molar refractivity (Wildman–Crippen MR) is 241 cm³/mol. The maximum atomic E-state index is 6.49. The molecule has 2 heterocycles. The Morgan fingerprint density at radius 3 is 1.81 bits per heavy atom. The lowest BCUT2D eigenvalue weighted by molar-refractivity contribution is 0.418. The molecule has 0 unspecified atom stereocenters. The smallest absolute Gasteiger partial charge is 0.164 e. The number of para-hydroxylation sites is 1. The third kappa shape index (κ3) is 7.76. The summed E-state index contributed by atoms with van der Waals surface area (Å²) >= 11 is 0. The number of allylic oxidation sites excluding steroid dienone is 1. The van der Waals surface area contributed by atoms with Gasteiger partial charge in [-0.15, -0.1) is 0 Å². The number of benzene rings is 7. The fourth-order valence-electron chi connectivity index (χ4n) is 7.60. The van der Waals surface area contributed by atoms with Crippen LogP contribution in [-0.4, -0.2) is 27.4 Å². The zero-order valence-corrected chi connectivity index (χ0v) is 33.0. The molecule has 7 aromatic carbocycles. The molecule has 284 valence electrons. The minimum atomic E-state index is -0.225. The first-order valence-electron chi connectivity index (χ1n) is 19.7. The maximum absolute atomic E-state index is 6.49. The lowest BCUT2D eigenvalue weighted by Crippen LogP contribution is -2.24. The van der Waals surface area contributed by atoms with Gasteiger partial charge >= 0.3 is 0 Å². The van der Waals surface area contributed by atoms with Crippen LogP contribution >= 0.6 is 0 Å². The Balaban J connectivity index is 1.10. The van der Waals surface area contributed by atoms with Gasteiger partial charge in [0, 0.05) is 44.4 Å². The van der Waals surface area contributed by atoms with Gasteiger partial charge in [-0.1, -0.05) is 172 Å². The molecule has 59 heavy (non-hydrogen) atoms. The van der Waals surface area contributed by atoms with Crippen molar-refractivity contribution < 1.29 is 4.74 Å². The van der Waals surface area contributed by atoms with Gasteiger partial charge in [-0.25, -0.2) is 15.0 Å². The Bertz CT molecular complexity index is 2870. The average Bonchev–Trinajstić information content (AvgIpc) is 3.30. The topological polar surface area (TPSA) is 72.6 Å². The molecular formula is C53H41N5O. The van der Waals surface area contributed by atoms with E-state index < -0.39 is 0 Å². The Kier molecular flexibility index (Phi) is 10.1. The summed E-state index contributed by atoms with van der Waals surface area (Å²) < 4.78 is 6.49. The van der Waals surface area contributed by atoms with Crippen molar-refractivity contribution in [2.24, 2.45) is 9.98 Å². The Morgan fingerprint density at radius 2 is 1.08 bits per heavy atom. The fourth-order valence-corrected chi connectivity index (χ4v) is 7.60. The predicted octanol–water partition coefficient (Wildman–Crippen LogP) is 12.7. The second kappa shape index (κ2) is 16.1. The van der Waals surface area contributed by atoms with E-state index >= 15 is 0 Å². The molecule has 6 nitrogen and oxygen atoms in total. The molecule has 0 saturated heterocycles. The van der Waals surface area contributed by atoms with Crippen molar-refractivity contribution in [2.75, 3.05) is 0 Å². The Labute approximate surface area is 345 Å². The molecule has 0 spiro atoms. The van der Waals surface area contributed by atoms with Crippen molar-refractivity contribution in [1.29, 1.82) is 0 Å². The summed E-state index contributed by atoms with van der Waals surface area (Å²) in [5, 5.41) is 0. The van der Waals surface area contributed by atoms with Crippen molar-refractivity contribution >= 4 is 18.1 Å². The third-order valence-corrected chi connectivity index (χ3v) is 10.8. The standard InChI is InChI=1S/C53H41N5O/c1-53(2)44-27-13-14-28-48(44)59-49-33-43(29-30-45(49)53)52-57-50(39-22-11-6-12-23-39)56-51(58-52)42-26-15-17-36(31-42)35-55-47(34-46(54-3)38-20-9-5-10-21-38)41-25-16-24-40(32-41)37-18-7-4-8-19-37/h4-34H,3,35H2,1-2H3/b46-34-,55-47?. The Hall–Kier alpha value is -7.57. The number of nitrogens with zero attached hydrogens (tertiary/aromatic N) is 5. The van der Waals surface area contributed by atoms with Crippen molar-refractivity contribution in [3.05, 3.63) is 216 Å². The van der Waals surface area contributed by atoms with Gasteiger partial charge < -0.3 is 4.74 Å². The number of aromatic nitrogens is 3. The summed E-state index contributed by atoms with van der Waals surface area (Å²) in [6.45, 7) is 8.79. The Morgan fingerprint density at radius 1 is 0.525 bits per heavy atom. The first kappa shape index (κ1) is 37.0. The van der Waals surface area contributed by atoms with E-state index in [0.717, 1.165) is 78.5 Å². The van der Waals surface area contributed by atoms with E-state index in [1.807, 2.05) is 97.1 Å². The van der Waals surface area contributed by atoms with E-state index in [1.165, 1.54) is 0 Å². The van der Waals surface area contributed by atoms with Gasteiger partial charge in [0.15, 0.2) is 17.5 Å². The highest BCUT2D eigenvalue weighted by atomic mass is 16.5. The summed E-state index contributed by atoms with van der Waals surface area (Å²) in [5.74, 6) is 3.39. The van der Waals surface area contributed by atoms with Gasteiger partial charge in [0.2, 0.25) is 0 Å². The van der Waals surface area contributed by atoms with E-state index in [4.69, 9.17) is 24.7 Å². The minimum Gasteiger partial charge on any atom is -0.457 e. The van der Waals surface area contributed by atoms with Crippen LogP contribution in [-0.2, 0) is 12.0 Å². The van der Waals surface area contributed by atoms with Crippen LogP contribution in [0.25, 0.3) is 51.0 Å². The number of ether oxygens (including phenoxy) is 1. The van der Waals surface area contributed by atoms with Crippen molar-refractivity contribution in [3.63, 3.8) is 0 Å². The second-order valence-electron chi connectivity index (χ2n) is 15.0. The van der Waals surface area contributed by atoms with Crippen LogP contribution in [0.2, 0.25) is 0 Å². The monoisotopic (exact) mass is 763 g/mol. The molecule has 6 heteroatoms. The molecule has 0 bridgehead atoms. The van der Waals surface area contributed by atoms with Crippen LogP contribution in [0.3, 0.4) is 0 Å². The highest BCUT2D eigenvalue weighted by Gasteiger charge is 2.34. The zero-order valence-electron chi connectivity index (χ0n) is 33.0. The van der Waals surface area contributed by atoms with Crippen molar-refractivity contribution in [3.8, 4) is 56.8 Å². The van der Waals surface area contributed by atoms with E-state index in [0.29, 0.717) is 24.0 Å². The highest BCUT2D eigenvalue weighted by Crippen LogP contribution is 2.48. The molecular weight excluding hydrogens is 723 g/mol. The summed E-state index contributed by atoms with van der Waals surface area (Å²) in [7, 11) is 0. The molecule has 0 radical (unpaired) electrons. The van der Waals surface area contributed by atoms with Gasteiger partial charge in [-0.3, -0.25) is 9.98 Å². The van der Waals surface area contributed by atoms with E-state index in [9.17, 15) is 0 Å². The molecule has 8 aromatic rings. The summed E-state index contributed by atoms with van der Waals surface area (Å²) in [6.07, 6.45) is 2.02. The molecule has 1 aliphatic heterocycles. The van der Waals surface area contributed by atoms with Crippen LogP contribution in [0.5, 0.6) is 11.5 Å². The van der Waals surface area contributed by atoms with Crippen LogP contribution in [0.15, 0.2) is 198 Å². The molecule has 1 aromatic heterocycles. The van der Waals surface area contributed by atoms with Crippen LogP contribution in [0, 0.1) is 0 Å². The number of hydrogen-bond acceptors (Lipinski definition) is 6. The van der Waals surface area contributed by atoms with Gasteiger partial charge in [0.1, 0.15) is 11.5 Å². The largest absolute Gasteiger partial charge is 0.457 e. The quantitative estimate of drug-likeness (QED) is 0.130. The normalized spacial score (nSPS) is 13.2. The number of fused-ring (bicyclic) bond motifs is 2. The number of rotatable bonds is 10. The molecule has 0 fully saturated rings. The van der Waals surface area contributed by atoms with E-state index in [-0.39, 0.29) is 5.41 Å². The minimum absolute atomic E-state index is 0.225. The highest BCUT2D eigenvalue weighted by molar-refractivity contribution is 6.12. The second-order valence-corrected chi connectivity index (χ2v) is 15.0. The first-order chi connectivity index (χ1) is 28.9. The molecule has 0 saturated carbocycles. The first-order valence-corrected chi connectivity index (χ1v) is 19.7. The van der Waals surface area contributed by atoms with Crippen molar-refractivity contribution in [2.45, 2.75) is 25.8 Å². The van der Waals surface area contributed by atoms with Gasteiger partial charge in [-0.05, 0) is 53.7 Å². The summed E-state index contributed by atoms with van der Waals surface area (Å²) in [4.78, 5) is 24.8. The molecule has 0 amide bonds. The third-order valence-electron chi connectivity index (χ3n) is 10.8.